The number of aryl methyl sites for hydroxylation is 1. The first-order valence-electron chi connectivity index (χ1n) is 13.0. The summed E-state index contributed by atoms with van der Waals surface area (Å²) >= 11 is 6.44. The van der Waals surface area contributed by atoms with Crippen molar-refractivity contribution >= 4 is 40.1 Å². The fourth-order valence-electron chi connectivity index (χ4n) is 5.38. The van der Waals surface area contributed by atoms with Gasteiger partial charge in [0, 0.05) is 41.5 Å². The van der Waals surface area contributed by atoms with Gasteiger partial charge >= 0.3 is 0 Å². The van der Waals surface area contributed by atoms with Gasteiger partial charge in [0.05, 0.1) is 5.69 Å². The quantitative estimate of drug-likeness (QED) is 0.383. The summed E-state index contributed by atoms with van der Waals surface area (Å²) in [4.78, 5) is 16.7. The summed E-state index contributed by atoms with van der Waals surface area (Å²) in [6, 6.07) is 23.3. The molecule has 0 radical (unpaired) electrons. The third kappa shape index (κ3) is 5.50. The Labute approximate surface area is 219 Å². The van der Waals surface area contributed by atoms with E-state index in [2.05, 4.69) is 82.7 Å². The SMILES string of the molecule is CCC(=O)Nc1cccc(C2CCN(CC3=CCN(c4cccc(C)c4)c4cc(Cl)ccc43)CC2)c1. The number of rotatable bonds is 6. The second kappa shape index (κ2) is 10.9. The number of nitrogens with zero attached hydrogens (tertiary/aromatic N) is 2. The molecule has 0 aliphatic carbocycles. The van der Waals surface area contributed by atoms with Crippen LogP contribution in [0.3, 0.4) is 0 Å². The maximum atomic E-state index is 11.8. The molecular weight excluding hydrogens is 466 g/mol. The number of carbonyl (C=O) groups excluding carboxylic acids is 1. The molecule has 1 saturated heterocycles. The molecule has 3 aromatic rings. The highest BCUT2D eigenvalue weighted by Gasteiger charge is 2.25. The van der Waals surface area contributed by atoms with Crippen molar-refractivity contribution in [1.82, 2.24) is 4.90 Å². The molecule has 4 nitrogen and oxygen atoms in total. The average Bonchev–Trinajstić information content (AvgIpc) is 2.89. The van der Waals surface area contributed by atoms with E-state index in [1.807, 2.05) is 19.1 Å². The molecule has 5 heteroatoms. The zero-order chi connectivity index (χ0) is 25.1. The zero-order valence-corrected chi connectivity index (χ0v) is 21.9. The van der Waals surface area contributed by atoms with Gasteiger partial charge in [-0.2, -0.15) is 0 Å². The van der Waals surface area contributed by atoms with Gasteiger partial charge in [0.15, 0.2) is 0 Å². The molecule has 2 aliphatic heterocycles. The molecule has 186 valence electrons. The molecule has 1 amide bonds. The Morgan fingerprint density at radius 1 is 1.03 bits per heavy atom. The molecule has 2 aliphatic rings. The highest BCUT2D eigenvalue weighted by atomic mass is 35.5. The number of likely N-dealkylation sites (tertiary alicyclic amines) is 1. The van der Waals surface area contributed by atoms with Crippen molar-refractivity contribution in [1.29, 1.82) is 0 Å². The third-order valence-corrected chi connectivity index (χ3v) is 7.61. The number of nitrogens with one attached hydrogen (secondary N) is 1. The van der Waals surface area contributed by atoms with Crippen molar-refractivity contribution in [3.05, 3.63) is 94.5 Å². The van der Waals surface area contributed by atoms with E-state index in [1.54, 1.807) is 0 Å². The van der Waals surface area contributed by atoms with E-state index >= 15 is 0 Å². The normalized spacial score (nSPS) is 16.4. The standard InChI is InChI=1S/C31H34ClN3O/c1-3-31(36)33-27-8-5-7-24(19-27)23-12-15-34(16-13-23)21-25-14-17-35(28-9-4-6-22(2)18-28)30-20-26(32)10-11-29(25)30/h4-11,14,18-20,23H,3,12-13,15-17,21H2,1-2H3,(H,33,36). The topological polar surface area (TPSA) is 35.6 Å². The number of piperidine rings is 1. The van der Waals surface area contributed by atoms with E-state index < -0.39 is 0 Å². The van der Waals surface area contributed by atoms with Crippen molar-refractivity contribution in [2.75, 3.05) is 36.4 Å². The summed E-state index contributed by atoms with van der Waals surface area (Å²) in [7, 11) is 0. The summed E-state index contributed by atoms with van der Waals surface area (Å²) in [6.07, 6.45) is 5.13. The van der Waals surface area contributed by atoms with Crippen molar-refractivity contribution in [2.45, 2.75) is 39.0 Å². The van der Waals surface area contributed by atoms with Crippen molar-refractivity contribution in [3.8, 4) is 0 Å². The highest BCUT2D eigenvalue weighted by Crippen LogP contribution is 2.39. The number of halogens is 1. The number of hydrogen-bond donors (Lipinski definition) is 1. The average molecular weight is 500 g/mol. The molecule has 36 heavy (non-hydrogen) atoms. The lowest BCUT2D eigenvalue weighted by Gasteiger charge is -2.36. The van der Waals surface area contributed by atoms with Gasteiger partial charge in [-0.05, 0) is 91.9 Å². The lowest BCUT2D eigenvalue weighted by molar-refractivity contribution is -0.115. The lowest BCUT2D eigenvalue weighted by Crippen LogP contribution is -2.35. The minimum Gasteiger partial charge on any atom is -0.337 e. The Balaban J connectivity index is 1.27. The largest absolute Gasteiger partial charge is 0.337 e. The van der Waals surface area contributed by atoms with Gasteiger partial charge in [-0.1, -0.05) is 54.9 Å². The summed E-state index contributed by atoms with van der Waals surface area (Å²) < 4.78 is 0. The first-order valence-corrected chi connectivity index (χ1v) is 13.3. The molecular formula is C31H34ClN3O. The molecule has 0 bridgehead atoms. The molecule has 5 rings (SSSR count). The number of benzene rings is 3. The second-order valence-electron chi connectivity index (χ2n) is 9.92. The van der Waals surface area contributed by atoms with Crippen LogP contribution in [0, 0.1) is 6.92 Å². The molecule has 0 aromatic heterocycles. The number of amides is 1. The van der Waals surface area contributed by atoms with Crippen LogP contribution in [-0.4, -0.2) is 37.0 Å². The van der Waals surface area contributed by atoms with Crippen molar-refractivity contribution in [2.24, 2.45) is 0 Å². The van der Waals surface area contributed by atoms with Gasteiger partial charge < -0.3 is 10.2 Å². The molecule has 2 heterocycles. The van der Waals surface area contributed by atoms with Gasteiger partial charge in [-0.25, -0.2) is 0 Å². The van der Waals surface area contributed by atoms with Crippen molar-refractivity contribution < 1.29 is 4.79 Å². The van der Waals surface area contributed by atoms with Gasteiger partial charge in [-0.15, -0.1) is 0 Å². The van der Waals surface area contributed by atoms with Crippen LogP contribution in [0.25, 0.3) is 5.57 Å². The van der Waals surface area contributed by atoms with Gasteiger partial charge in [0.25, 0.3) is 0 Å². The fraction of sp³-hybridized carbons (Fsp3) is 0.323. The van der Waals surface area contributed by atoms with Crippen LogP contribution in [0.2, 0.25) is 5.02 Å². The maximum Gasteiger partial charge on any atom is 0.224 e. The van der Waals surface area contributed by atoms with Gasteiger partial charge in [0.2, 0.25) is 5.91 Å². The molecule has 0 atom stereocenters. The molecule has 0 saturated carbocycles. The summed E-state index contributed by atoms with van der Waals surface area (Å²) in [5.74, 6) is 0.591. The minimum absolute atomic E-state index is 0.0604. The zero-order valence-electron chi connectivity index (χ0n) is 21.1. The van der Waals surface area contributed by atoms with Crippen LogP contribution in [0.15, 0.2) is 72.8 Å². The summed E-state index contributed by atoms with van der Waals surface area (Å²) in [5.41, 5.74) is 8.53. The van der Waals surface area contributed by atoms with Gasteiger partial charge in [-0.3, -0.25) is 9.69 Å². The molecule has 1 fully saturated rings. The van der Waals surface area contributed by atoms with Crippen LogP contribution in [-0.2, 0) is 4.79 Å². The van der Waals surface area contributed by atoms with Crippen LogP contribution >= 0.6 is 11.6 Å². The Morgan fingerprint density at radius 3 is 2.61 bits per heavy atom. The van der Waals surface area contributed by atoms with E-state index in [1.165, 1.54) is 33.6 Å². The van der Waals surface area contributed by atoms with E-state index in [4.69, 9.17) is 11.6 Å². The second-order valence-corrected chi connectivity index (χ2v) is 10.4. The predicted molar refractivity (Wildman–Crippen MR) is 151 cm³/mol. The highest BCUT2D eigenvalue weighted by molar-refractivity contribution is 6.31. The Kier molecular flexibility index (Phi) is 7.45. The lowest BCUT2D eigenvalue weighted by atomic mass is 9.88. The smallest absolute Gasteiger partial charge is 0.224 e. The van der Waals surface area contributed by atoms with E-state index in [0.717, 1.165) is 49.7 Å². The number of hydrogen-bond acceptors (Lipinski definition) is 3. The van der Waals surface area contributed by atoms with E-state index in [0.29, 0.717) is 12.3 Å². The van der Waals surface area contributed by atoms with Crippen LogP contribution in [0.4, 0.5) is 17.1 Å². The summed E-state index contributed by atoms with van der Waals surface area (Å²) in [5, 5.41) is 3.76. The molecule has 0 spiro atoms. The first-order chi connectivity index (χ1) is 17.5. The molecule has 0 unspecified atom stereocenters. The van der Waals surface area contributed by atoms with Gasteiger partial charge in [0.1, 0.15) is 0 Å². The Morgan fingerprint density at radius 2 is 1.83 bits per heavy atom. The van der Waals surface area contributed by atoms with Crippen LogP contribution in [0.1, 0.15) is 48.8 Å². The van der Waals surface area contributed by atoms with E-state index in [9.17, 15) is 4.79 Å². The maximum absolute atomic E-state index is 11.8. The fourth-order valence-corrected chi connectivity index (χ4v) is 5.55. The van der Waals surface area contributed by atoms with Crippen LogP contribution < -0.4 is 10.2 Å². The summed E-state index contributed by atoms with van der Waals surface area (Å²) in [6.45, 7) is 7.95. The third-order valence-electron chi connectivity index (χ3n) is 7.37. The first kappa shape index (κ1) is 24.6. The monoisotopic (exact) mass is 499 g/mol. The molecule has 3 aromatic carbocycles. The minimum atomic E-state index is 0.0604. The predicted octanol–water partition coefficient (Wildman–Crippen LogP) is 7.41. The number of fused-ring (bicyclic) bond motifs is 1. The number of anilines is 3. The number of carbonyl (C=O) groups is 1. The van der Waals surface area contributed by atoms with E-state index in [-0.39, 0.29) is 5.91 Å². The Bertz CT molecular complexity index is 1280. The molecule has 1 N–H and O–H groups in total. The van der Waals surface area contributed by atoms with Crippen molar-refractivity contribution in [3.63, 3.8) is 0 Å². The van der Waals surface area contributed by atoms with Crippen LogP contribution in [0.5, 0.6) is 0 Å². The Hall–Kier alpha value is -3.08.